The van der Waals surface area contributed by atoms with Crippen LogP contribution in [0.3, 0.4) is 0 Å². The van der Waals surface area contributed by atoms with Gasteiger partial charge in [0.05, 0.1) is 13.7 Å². The van der Waals surface area contributed by atoms with Gasteiger partial charge >= 0.3 is 12.1 Å². The van der Waals surface area contributed by atoms with Crippen LogP contribution in [0.2, 0.25) is 0 Å². The molecule has 28 heavy (non-hydrogen) atoms. The minimum Gasteiger partial charge on any atom is -0.496 e. The number of pyridine rings is 1. The summed E-state index contributed by atoms with van der Waals surface area (Å²) in [5, 5.41) is 2.41. The minimum absolute atomic E-state index is 0.169. The molecule has 2 N–H and O–H groups in total. The van der Waals surface area contributed by atoms with E-state index in [2.05, 4.69) is 25.3 Å². The number of hydrogen-bond donors (Lipinski definition) is 2. The van der Waals surface area contributed by atoms with E-state index in [1.165, 1.54) is 4.57 Å². The first kappa shape index (κ1) is 17.4. The number of rotatable bonds is 6. The molecular weight excluding hydrogens is 360 g/mol. The van der Waals surface area contributed by atoms with Gasteiger partial charge in [-0.15, -0.1) is 0 Å². The third-order valence-corrected chi connectivity index (χ3v) is 4.25. The summed E-state index contributed by atoms with van der Waals surface area (Å²) in [6.45, 7) is 0.236. The Hall–Kier alpha value is -4.01. The van der Waals surface area contributed by atoms with Crippen molar-refractivity contribution in [2.75, 3.05) is 12.4 Å². The SMILES string of the molecule is COc1ccccc1Cn1c(=O)[nH]c2c(N[C]=O)nc(-c3ccncc3)nc21. The van der Waals surface area contributed by atoms with Crippen molar-refractivity contribution < 1.29 is 9.53 Å². The van der Waals surface area contributed by atoms with Crippen LogP contribution in [0.4, 0.5) is 5.82 Å². The number of hydrogen-bond acceptors (Lipinski definition) is 6. The summed E-state index contributed by atoms with van der Waals surface area (Å²) in [7, 11) is 1.57. The minimum atomic E-state index is -0.379. The van der Waals surface area contributed by atoms with E-state index in [0.717, 1.165) is 5.56 Å². The van der Waals surface area contributed by atoms with Crippen LogP contribution in [-0.4, -0.2) is 38.0 Å². The highest BCUT2D eigenvalue weighted by atomic mass is 16.5. The normalized spacial score (nSPS) is 10.8. The molecule has 3 aromatic heterocycles. The first-order valence-electron chi connectivity index (χ1n) is 8.37. The molecule has 9 heteroatoms. The maximum absolute atomic E-state index is 12.6. The van der Waals surface area contributed by atoms with Gasteiger partial charge in [-0.25, -0.2) is 14.8 Å². The average Bonchev–Trinajstić information content (AvgIpc) is 3.05. The molecule has 1 aromatic carbocycles. The molecule has 1 amide bonds. The second-order valence-electron chi connectivity index (χ2n) is 5.89. The molecule has 0 aliphatic rings. The van der Waals surface area contributed by atoms with Crippen molar-refractivity contribution in [2.45, 2.75) is 6.54 Å². The molecule has 1 radical (unpaired) electrons. The fraction of sp³-hybridized carbons (Fsp3) is 0.105. The Morgan fingerprint density at radius 1 is 1.18 bits per heavy atom. The van der Waals surface area contributed by atoms with E-state index in [1.807, 2.05) is 24.3 Å². The van der Waals surface area contributed by atoms with E-state index in [4.69, 9.17) is 4.74 Å². The van der Waals surface area contributed by atoms with Crippen molar-refractivity contribution in [3.63, 3.8) is 0 Å². The van der Waals surface area contributed by atoms with E-state index >= 15 is 0 Å². The quantitative estimate of drug-likeness (QED) is 0.496. The maximum atomic E-state index is 12.6. The molecule has 0 aliphatic carbocycles. The standard InChI is InChI=1S/C19H15N6O3/c1-28-14-5-3-2-4-13(14)10-25-18-15(22-19(25)27)17(21-11-26)23-16(24-18)12-6-8-20-9-7-12/h2-9H,10H2,1H3,(H,22,27)(H,21,23,24,26). The first-order chi connectivity index (χ1) is 13.7. The molecule has 0 atom stereocenters. The van der Waals surface area contributed by atoms with Crippen LogP contribution in [0.15, 0.2) is 53.6 Å². The van der Waals surface area contributed by atoms with Gasteiger partial charge in [0.2, 0.25) is 0 Å². The van der Waals surface area contributed by atoms with Crippen molar-refractivity contribution in [2.24, 2.45) is 0 Å². The highest BCUT2D eigenvalue weighted by molar-refractivity contribution is 5.90. The number of aromatic amines is 1. The van der Waals surface area contributed by atoms with E-state index < -0.39 is 0 Å². The van der Waals surface area contributed by atoms with Crippen LogP contribution in [0.25, 0.3) is 22.6 Å². The van der Waals surface area contributed by atoms with Gasteiger partial charge in [0.1, 0.15) is 11.3 Å². The van der Waals surface area contributed by atoms with Gasteiger partial charge in [0.15, 0.2) is 17.3 Å². The Balaban J connectivity index is 1.92. The molecule has 0 saturated heterocycles. The summed E-state index contributed by atoms with van der Waals surface area (Å²) in [5.41, 5.74) is 1.81. The number of carbonyl (C=O) groups excluding carboxylic acids is 1. The smallest absolute Gasteiger partial charge is 0.328 e. The molecule has 0 spiro atoms. The number of H-pyrrole nitrogens is 1. The van der Waals surface area contributed by atoms with Crippen molar-refractivity contribution in [3.8, 4) is 17.1 Å². The summed E-state index contributed by atoms with van der Waals surface area (Å²) in [4.78, 5) is 39.1. The fourth-order valence-electron chi connectivity index (χ4n) is 2.95. The molecule has 139 valence electrons. The molecule has 0 fully saturated rings. The van der Waals surface area contributed by atoms with Crippen molar-refractivity contribution in [1.29, 1.82) is 0 Å². The Labute approximate surface area is 159 Å². The number of imidazole rings is 1. The third kappa shape index (κ3) is 3.09. The number of anilines is 1. The number of ether oxygens (including phenoxy) is 1. The fourth-order valence-corrected chi connectivity index (χ4v) is 2.95. The molecule has 0 bridgehead atoms. The molecule has 9 nitrogen and oxygen atoms in total. The third-order valence-electron chi connectivity index (χ3n) is 4.25. The topological polar surface area (TPSA) is 115 Å². The molecule has 0 saturated carbocycles. The van der Waals surface area contributed by atoms with Gasteiger partial charge in [0.25, 0.3) is 0 Å². The number of nitrogens with zero attached hydrogens (tertiary/aromatic N) is 4. The summed E-state index contributed by atoms with van der Waals surface area (Å²) in [5.74, 6) is 1.18. The monoisotopic (exact) mass is 375 g/mol. The van der Waals surface area contributed by atoms with Gasteiger partial charge in [-0.1, -0.05) is 18.2 Å². The van der Waals surface area contributed by atoms with E-state index in [9.17, 15) is 9.59 Å². The molecule has 3 heterocycles. The van der Waals surface area contributed by atoms with Gasteiger partial charge in [0, 0.05) is 23.5 Å². The van der Waals surface area contributed by atoms with Crippen LogP contribution < -0.4 is 15.7 Å². The average molecular weight is 375 g/mol. The summed E-state index contributed by atoms with van der Waals surface area (Å²) in [6, 6.07) is 10.9. The zero-order valence-corrected chi connectivity index (χ0v) is 14.8. The van der Waals surface area contributed by atoms with Crippen molar-refractivity contribution in [1.82, 2.24) is 24.5 Å². The lowest BCUT2D eigenvalue weighted by atomic mass is 10.2. The predicted molar refractivity (Wildman–Crippen MR) is 103 cm³/mol. The van der Waals surface area contributed by atoms with Gasteiger partial charge in [-0.2, -0.15) is 0 Å². The number of methoxy groups -OCH3 is 1. The van der Waals surface area contributed by atoms with Gasteiger partial charge < -0.3 is 15.0 Å². The Morgan fingerprint density at radius 2 is 1.96 bits per heavy atom. The largest absolute Gasteiger partial charge is 0.496 e. The number of fused-ring (bicyclic) bond motifs is 1. The van der Waals surface area contributed by atoms with Gasteiger partial charge in [-0.3, -0.25) is 14.3 Å². The lowest BCUT2D eigenvalue weighted by Gasteiger charge is -2.09. The Morgan fingerprint density at radius 3 is 2.71 bits per heavy atom. The van der Waals surface area contributed by atoms with Crippen LogP contribution in [-0.2, 0) is 11.3 Å². The first-order valence-corrected chi connectivity index (χ1v) is 8.37. The van der Waals surface area contributed by atoms with E-state index in [0.29, 0.717) is 28.3 Å². The Bertz CT molecular complexity index is 1200. The van der Waals surface area contributed by atoms with E-state index in [1.54, 1.807) is 38.0 Å². The highest BCUT2D eigenvalue weighted by Crippen LogP contribution is 2.24. The number of benzene rings is 1. The second-order valence-corrected chi connectivity index (χ2v) is 5.89. The molecule has 4 rings (SSSR count). The van der Waals surface area contributed by atoms with E-state index in [-0.39, 0.29) is 18.1 Å². The molecule has 0 aliphatic heterocycles. The summed E-state index contributed by atoms with van der Waals surface area (Å²) >= 11 is 0. The van der Waals surface area contributed by atoms with Crippen molar-refractivity contribution >= 4 is 23.4 Å². The number of amides is 1. The number of aromatic nitrogens is 5. The lowest BCUT2D eigenvalue weighted by Crippen LogP contribution is -2.18. The van der Waals surface area contributed by atoms with Crippen LogP contribution in [0.1, 0.15) is 5.56 Å². The van der Waals surface area contributed by atoms with Crippen LogP contribution in [0.5, 0.6) is 5.75 Å². The number of nitrogens with one attached hydrogen (secondary N) is 2. The molecular formula is C19H15N6O3. The van der Waals surface area contributed by atoms with Crippen LogP contribution in [0, 0.1) is 0 Å². The van der Waals surface area contributed by atoms with Crippen LogP contribution >= 0.6 is 0 Å². The zero-order valence-electron chi connectivity index (χ0n) is 14.8. The second kappa shape index (κ2) is 7.31. The summed E-state index contributed by atoms with van der Waals surface area (Å²) < 4.78 is 6.84. The lowest BCUT2D eigenvalue weighted by molar-refractivity contribution is 0.408. The number of para-hydroxylation sites is 1. The zero-order chi connectivity index (χ0) is 19.5. The highest BCUT2D eigenvalue weighted by Gasteiger charge is 2.17. The predicted octanol–water partition coefficient (Wildman–Crippen LogP) is 1.72. The summed E-state index contributed by atoms with van der Waals surface area (Å²) in [6.07, 6.45) is 4.82. The van der Waals surface area contributed by atoms with Crippen molar-refractivity contribution in [3.05, 3.63) is 64.8 Å². The molecule has 0 unspecified atom stereocenters. The Kier molecular flexibility index (Phi) is 4.55. The maximum Gasteiger partial charge on any atom is 0.328 e. The molecule has 4 aromatic rings. The van der Waals surface area contributed by atoms with Gasteiger partial charge in [-0.05, 0) is 18.2 Å².